The molecule has 4 rings (SSSR count). The van der Waals surface area contributed by atoms with E-state index in [1.54, 1.807) is 23.1 Å². The number of aromatic nitrogens is 4. The molecule has 0 unspecified atom stereocenters. The molecule has 0 N–H and O–H groups in total. The van der Waals surface area contributed by atoms with Crippen LogP contribution in [0.4, 0.5) is 0 Å². The Morgan fingerprint density at radius 3 is 2.79 bits per heavy atom. The summed E-state index contributed by atoms with van der Waals surface area (Å²) in [6.07, 6.45) is 3.64. The van der Waals surface area contributed by atoms with Crippen molar-refractivity contribution >= 4 is 23.1 Å². The molecule has 0 spiro atoms. The number of benzene rings is 1. The highest BCUT2D eigenvalue weighted by Crippen LogP contribution is 2.40. The van der Waals surface area contributed by atoms with Crippen LogP contribution in [-0.2, 0) is 12.3 Å². The van der Waals surface area contributed by atoms with Crippen LogP contribution in [0.3, 0.4) is 0 Å². The molecule has 4 nitrogen and oxygen atoms in total. The van der Waals surface area contributed by atoms with Gasteiger partial charge in [-0.05, 0) is 19.3 Å². The van der Waals surface area contributed by atoms with E-state index in [4.69, 9.17) is 4.98 Å². The Kier molecular flexibility index (Phi) is 4.67. The molecule has 2 heterocycles. The Morgan fingerprint density at radius 1 is 1.21 bits per heavy atom. The number of rotatable bonds is 7. The monoisotopic (exact) mass is 356 g/mol. The predicted molar refractivity (Wildman–Crippen MR) is 99.4 cm³/mol. The first kappa shape index (κ1) is 15.8. The maximum absolute atomic E-state index is 4.77. The van der Waals surface area contributed by atoms with Gasteiger partial charge in [-0.15, -0.1) is 21.5 Å². The van der Waals surface area contributed by atoms with Crippen molar-refractivity contribution in [2.45, 2.75) is 49.6 Å². The summed E-state index contributed by atoms with van der Waals surface area (Å²) < 4.78 is 2.31. The Morgan fingerprint density at radius 2 is 2.04 bits per heavy atom. The summed E-state index contributed by atoms with van der Waals surface area (Å²) in [6, 6.07) is 10.4. The number of thioether (sulfide) groups is 1. The van der Waals surface area contributed by atoms with Crippen molar-refractivity contribution in [1.29, 1.82) is 0 Å². The minimum atomic E-state index is 0.641. The maximum atomic E-state index is 4.77. The summed E-state index contributed by atoms with van der Waals surface area (Å²) in [5.74, 6) is 2.67. The average molecular weight is 357 g/mol. The number of thiazole rings is 1. The van der Waals surface area contributed by atoms with E-state index < -0.39 is 0 Å². The van der Waals surface area contributed by atoms with E-state index in [0.29, 0.717) is 5.92 Å². The van der Waals surface area contributed by atoms with Gasteiger partial charge in [0.15, 0.2) is 5.16 Å². The fraction of sp³-hybridized carbons (Fsp3) is 0.389. The molecule has 124 valence electrons. The Labute approximate surface area is 150 Å². The number of hydrogen-bond acceptors (Lipinski definition) is 5. The van der Waals surface area contributed by atoms with E-state index in [-0.39, 0.29) is 0 Å². The lowest BCUT2D eigenvalue weighted by Crippen LogP contribution is -2.04. The van der Waals surface area contributed by atoms with E-state index in [9.17, 15) is 0 Å². The molecule has 1 saturated carbocycles. The molecule has 24 heavy (non-hydrogen) atoms. The smallest absolute Gasteiger partial charge is 0.191 e. The van der Waals surface area contributed by atoms with Crippen LogP contribution in [0, 0.1) is 0 Å². The van der Waals surface area contributed by atoms with Crippen molar-refractivity contribution in [2.24, 2.45) is 0 Å². The van der Waals surface area contributed by atoms with Crippen molar-refractivity contribution in [2.75, 3.05) is 0 Å². The first-order valence-corrected chi connectivity index (χ1v) is 10.3. The van der Waals surface area contributed by atoms with Crippen LogP contribution in [0.2, 0.25) is 0 Å². The molecule has 1 fully saturated rings. The van der Waals surface area contributed by atoms with E-state index in [1.165, 1.54) is 24.2 Å². The molecule has 6 heteroatoms. The van der Waals surface area contributed by atoms with Crippen LogP contribution in [-0.4, -0.2) is 19.7 Å². The standard InChI is InChI=1S/C18H20N4S2/c1-2-10-22-16(13-8-9-13)20-21-18(22)24-12-15-11-23-17(19-15)14-6-4-3-5-7-14/h3-7,11,13H,2,8-10,12H2,1H3. The summed E-state index contributed by atoms with van der Waals surface area (Å²) >= 11 is 3.45. The molecule has 0 bridgehead atoms. The summed E-state index contributed by atoms with van der Waals surface area (Å²) in [4.78, 5) is 4.77. The molecule has 1 aliphatic rings. The quantitative estimate of drug-likeness (QED) is 0.560. The largest absolute Gasteiger partial charge is 0.306 e. The first-order chi connectivity index (χ1) is 11.8. The lowest BCUT2D eigenvalue weighted by atomic mass is 10.2. The third-order valence-electron chi connectivity index (χ3n) is 4.06. The van der Waals surface area contributed by atoms with Crippen LogP contribution in [0.5, 0.6) is 0 Å². The molecule has 1 aromatic carbocycles. The Balaban J connectivity index is 1.46. The zero-order valence-corrected chi connectivity index (χ0v) is 15.3. The van der Waals surface area contributed by atoms with Gasteiger partial charge >= 0.3 is 0 Å². The summed E-state index contributed by atoms with van der Waals surface area (Å²) in [6.45, 7) is 3.21. The number of nitrogens with zero attached hydrogens (tertiary/aromatic N) is 4. The van der Waals surface area contributed by atoms with Gasteiger partial charge in [0.2, 0.25) is 0 Å². The van der Waals surface area contributed by atoms with Crippen LogP contribution < -0.4 is 0 Å². The zero-order chi connectivity index (χ0) is 16.4. The minimum absolute atomic E-state index is 0.641. The second-order valence-corrected chi connectivity index (χ2v) is 7.87. The third kappa shape index (κ3) is 3.39. The Bertz CT molecular complexity index is 806. The number of hydrogen-bond donors (Lipinski definition) is 0. The molecule has 0 saturated heterocycles. The van der Waals surface area contributed by atoms with Crippen molar-refractivity contribution in [3.05, 3.63) is 47.2 Å². The molecule has 0 radical (unpaired) electrons. The van der Waals surface area contributed by atoms with Gasteiger partial charge in [0.1, 0.15) is 10.8 Å². The summed E-state index contributed by atoms with van der Waals surface area (Å²) in [5.41, 5.74) is 2.30. The molecule has 0 aliphatic heterocycles. The Hall–Kier alpha value is -1.66. The van der Waals surface area contributed by atoms with Crippen LogP contribution in [0.1, 0.15) is 43.6 Å². The van der Waals surface area contributed by atoms with Crippen molar-refractivity contribution < 1.29 is 0 Å². The second-order valence-electron chi connectivity index (χ2n) is 6.07. The molecular weight excluding hydrogens is 336 g/mol. The van der Waals surface area contributed by atoms with Gasteiger partial charge in [-0.2, -0.15) is 0 Å². The minimum Gasteiger partial charge on any atom is -0.306 e. The fourth-order valence-corrected chi connectivity index (χ4v) is 4.50. The molecule has 1 aliphatic carbocycles. The van der Waals surface area contributed by atoms with Crippen LogP contribution in [0.25, 0.3) is 10.6 Å². The van der Waals surface area contributed by atoms with Gasteiger partial charge < -0.3 is 4.57 Å². The second kappa shape index (κ2) is 7.07. The van der Waals surface area contributed by atoms with E-state index in [1.807, 2.05) is 6.07 Å². The molecule has 0 amide bonds. The third-order valence-corrected chi connectivity index (χ3v) is 6.00. The SMILES string of the molecule is CCCn1c(SCc2csc(-c3ccccc3)n2)nnc1C1CC1. The van der Waals surface area contributed by atoms with Crippen LogP contribution >= 0.6 is 23.1 Å². The topological polar surface area (TPSA) is 43.6 Å². The summed E-state index contributed by atoms with van der Waals surface area (Å²) in [7, 11) is 0. The first-order valence-electron chi connectivity index (χ1n) is 8.41. The molecule has 3 aromatic rings. The van der Waals surface area contributed by atoms with Crippen molar-refractivity contribution in [3.63, 3.8) is 0 Å². The lowest BCUT2D eigenvalue weighted by molar-refractivity contribution is 0.592. The van der Waals surface area contributed by atoms with Crippen molar-refractivity contribution in [1.82, 2.24) is 19.7 Å². The molecule has 0 atom stereocenters. The van der Waals surface area contributed by atoms with Gasteiger partial charge in [-0.1, -0.05) is 49.0 Å². The van der Waals surface area contributed by atoms with Gasteiger partial charge in [-0.3, -0.25) is 0 Å². The van der Waals surface area contributed by atoms with E-state index >= 15 is 0 Å². The summed E-state index contributed by atoms with van der Waals surface area (Å²) in [5, 5.41) is 13.1. The predicted octanol–water partition coefficient (Wildman–Crippen LogP) is 4.98. The van der Waals surface area contributed by atoms with Gasteiger partial charge in [0, 0.05) is 29.2 Å². The molecular formula is C18H20N4S2. The fourth-order valence-electron chi connectivity index (χ4n) is 2.71. The average Bonchev–Trinajstić information content (AvgIpc) is 3.21. The van der Waals surface area contributed by atoms with Gasteiger partial charge in [0.25, 0.3) is 0 Å². The van der Waals surface area contributed by atoms with E-state index in [2.05, 4.69) is 51.3 Å². The van der Waals surface area contributed by atoms with Crippen molar-refractivity contribution in [3.8, 4) is 10.6 Å². The van der Waals surface area contributed by atoms with E-state index in [0.717, 1.165) is 34.6 Å². The lowest BCUT2D eigenvalue weighted by Gasteiger charge is -2.07. The highest BCUT2D eigenvalue weighted by Gasteiger charge is 2.30. The van der Waals surface area contributed by atoms with Gasteiger partial charge in [-0.25, -0.2) is 4.98 Å². The van der Waals surface area contributed by atoms with Crippen LogP contribution in [0.15, 0.2) is 40.9 Å². The molecule has 2 aromatic heterocycles. The maximum Gasteiger partial charge on any atom is 0.191 e. The zero-order valence-electron chi connectivity index (χ0n) is 13.7. The highest BCUT2D eigenvalue weighted by atomic mass is 32.2. The highest BCUT2D eigenvalue weighted by molar-refractivity contribution is 7.98. The van der Waals surface area contributed by atoms with Gasteiger partial charge in [0.05, 0.1) is 5.69 Å². The normalized spacial score (nSPS) is 14.2.